The van der Waals surface area contributed by atoms with Gasteiger partial charge in [0.05, 0.1) is 15.8 Å². The second-order valence-corrected chi connectivity index (χ2v) is 8.56. The Bertz CT molecular complexity index is 950. The molecule has 1 saturated heterocycles. The highest BCUT2D eigenvalue weighted by Crippen LogP contribution is 2.31. The number of para-hydroxylation sites is 1. The van der Waals surface area contributed by atoms with Crippen LogP contribution >= 0.6 is 23.1 Å². The highest BCUT2D eigenvalue weighted by Gasteiger charge is 2.35. The fraction of sp³-hybridized carbons (Fsp3) is 0.250. The molecule has 2 aromatic carbocycles. The van der Waals surface area contributed by atoms with E-state index in [1.54, 1.807) is 42.2 Å². The number of fused-ring (bicyclic) bond motifs is 1. The van der Waals surface area contributed by atoms with Crippen LogP contribution in [-0.2, 0) is 20.0 Å². The molecule has 0 aliphatic carbocycles. The minimum absolute atomic E-state index is 0.211. The number of aromatic nitrogens is 1. The Morgan fingerprint density at radius 3 is 2.74 bits per heavy atom. The van der Waals surface area contributed by atoms with Crippen LogP contribution in [0.3, 0.4) is 0 Å². The SMILES string of the molecule is C[C@@H]1C[C@H](OC(=O)c2ccc(CSc3nc4ccccc4s3)cc2)C(=O)O1. The summed E-state index contributed by atoms with van der Waals surface area (Å²) in [5.41, 5.74) is 2.53. The number of hydrogen-bond acceptors (Lipinski definition) is 7. The Balaban J connectivity index is 1.35. The van der Waals surface area contributed by atoms with Crippen molar-refractivity contribution in [3.05, 3.63) is 59.7 Å². The maximum absolute atomic E-state index is 12.2. The number of carbonyl (C=O) groups excluding carboxylic acids is 2. The van der Waals surface area contributed by atoms with Crippen LogP contribution in [0.1, 0.15) is 29.3 Å². The van der Waals surface area contributed by atoms with E-state index in [1.807, 2.05) is 30.3 Å². The summed E-state index contributed by atoms with van der Waals surface area (Å²) in [6.45, 7) is 1.78. The topological polar surface area (TPSA) is 65.5 Å². The van der Waals surface area contributed by atoms with Gasteiger partial charge in [-0.25, -0.2) is 14.6 Å². The molecule has 1 aliphatic rings. The van der Waals surface area contributed by atoms with Crippen molar-refractivity contribution in [1.29, 1.82) is 0 Å². The molecule has 5 nitrogen and oxygen atoms in total. The first-order chi connectivity index (χ1) is 13.1. The number of nitrogens with zero attached hydrogens (tertiary/aromatic N) is 1. The van der Waals surface area contributed by atoms with Crippen molar-refractivity contribution in [2.75, 3.05) is 0 Å². The first kappa shape index (κ1) is 18.0. The van der Waals surface area contributed by atoms with E-state index in [1.165, 1.54) is 4.70 Å². The number of carbonyl (C=O) groups is 2. The largest absolute Gasteiger partial charge is 0.460 e. The van der Waals surface area contributed by atoms with Gasteiger partial charge in [-0.2, -0.15) is 0 Å². The van der Waals surface area contributed by atoms with Crippen molar-refractivity contribution < 1.29 is 19.1 Å². The fourth-order valence-electron chi connectivity index (χ4n) is 2.81. The Labute approximate surface area is 164 Å². The van der Waals surface area contributed by atoms with E-state index >= 15 is 0 Å². The summed E-state index contributed by atoms with van der Waals surface area (Å²) in [6.07, 6.45) is -0.611. The van der Waals surface area contributed by atoms with E-state index in [0.29, 0.717) is 12.0 Å². The van der Waals surface area contributed by atoms with Gasteiger partial charge in [0.2, 0.25) is 6.10 Å². The van der Waals surface area contributed by atoms with E-state index in [4.69, 9.17) is 9.47 Å². The third-order valence-electron chi connectivity index (χ3n) is 4.20. The highest BCUT2D eigenvalue weighted by atomic mass is 32.2. The smallest absolute Gasteiger partial charge is 0.347 e. The van der Waals surface area contributed by atoms with Crippen molar-refractivity contribution in [2.24, 2.45) is 0 Å². The van der Waals surface area contributed by atoms with Gasteiger partial charge in [-0.05, 0) is 36.8 Å². The zero-order valence-corrected chi connectivity index (χ0v) is 16.2. The lowest BCUT2D eigenvalue weighted by Crippen LogP contribution is -2.22. The Morgan fingerprint density at radius 1 is 1.26 bits per heavy atom. The molecule has 0 spiro atoms. The summed E-state index contributed by atoms with van der Waals surface area (Å²) in [5, 5.41) is 0. The Morgan fingerprint density at radius 2 is 2.04 bits per heavy atom. The molecule has 0 radical (unpaired) electrons. The maximum Gasteiger partial charge on any atom is 0.347 e. The van der Waals surface area contributed by atoms with Gasteiger partial charge in [-0.3, -0.25) is 0 Å². The van der Waals surface area contributed by atoms with Crippen LogP contribution in [0.2, 0.25) is 0 Å². The predicted octanol–water partition coefficient (Wildman–Crippen LogP) is 4.45. The van der Waals surface area contributed by atoms with E-state index in [-0.39, 0.29) is 6.10 Å². The number of thioether (sulfide) groups is 1. The zero-order chi connectivity index (χ0) is 18.8. The lowest BCUT2D eigenvalue weighted by Gasteiger charge is -2.08. The van der Waals surface area contributed by atoms with Gasteiger partial charge in [-0.1, -0.05) is 36.0 Å². The monoisotopic (exact) mass is 399 g/mol. The third kappa shape index (κ3) is 4.14. The number of rotatable bonds is 5. The minimum atomic E-state index is -0.804. The second kappa shape index (κ2) is 7.70. The maximum atomic E-state index is 12.2. The van der Waals surface area contributed by atoms with Crippen LogP contribution in [-0.4, -0.2) is 29.1 Å². The Hall–Kier alpha value is -2.38. The highest BCUT2D eigenvalue weighted by molar-refractivity contribution is 8.00. The molecule has 7 heteroatoms. The molecule has 2 atom stereocenters. The summed E-state index contributed by atoms with van der Waals surface area (Å²) in [4.78, 5) is 28.4. The number of thiazole rings is 1. The van der Waals surface area contributed by atoms with Gasteiger partial charge < -0.3 is 9.47 Å². The molecule has 0 amide bonds. The molecule has 138 valence electrons. The lowest BCUT2D eigenvalue weighted by atomic mass is 10.1. The molecule has 2 heterocycles. The fourth-order valence-corrected chi connectivity index (χ4v) is 4.83. The van der Waals surface area contributed by atoms with Gasteiger partial charge >= 0.3 is 11.9 Å². The zero-order valence-electron chi connectivity index (χ0n) is 14.6. The van der Waals surface area contributed by atoms with Crippen LogP contribution in [0.25, 0.3) is 10.2 Å². The molecule has 1 fully saturated rings. The molecule has 0 N–H and O–H groups in total. The molecule has 0 unspecified atom stereocenters. The lowest BCUT2D eigenvalue weighted by molar-refractivity contribution is -0.147. The number of benzene rings is 2. The molecular weight excluding hydrogens is 382 g/mol. The van der Waals surface area contributed by atoms with E-state index in [9.17, 15) is 9.59 Å². The molecule has 1 aliphatic heterocycles. The van der Waals surface area contributed by atoms with Crippen LogP contribution < -0.4 is 0 Å². The summed E-state index contributed by atoms with van der Waals surface area (Å²) in [7, 11) is 0. The number of ether oxygens (including phenoxy) is 2. The average Bonchev–Trinajstić information content (AvgIpc) is 3.22. The quantitative estimate of drug-likeness (QED) is 0.466. The standard InChI is InChI=1S/C20H17NO4S2/c1-12-10-16(19(23)24-12)25-18(22)14-8-6-13(7-9-14)11-26-20-21-15-4-2-3-5-17(15)27-20/h2-9,12,16H,10-11H2,1H3/t12-,16+/m1/s1. The Kier molecular flexibility index (Phi) is 5.13. The van der Waals surface area contributed by atoms with Crippen molar-refractivity contribution in [2.45, 2.75) is 35.6 Å². The van der Waals surface area contributed by atoms with Crippen molar-refractivity contribution >= 4 is 45.3 Å². The van der Waals surface area contributed by atoms with Crippen LogP contribution in [0.4, 0.5) is 0 Å². The van der Waals surface area contributed by atoms with E-state index in [2.05, 4.69) is 11.1 Å². The average molecular weight is 399 g/mol. The van der Waals surface area contributed by atoms with Crippen molar-refractivity contribution in [3.63, 3.8) is 0 Å². The van der Waals surface area contributed by atoms with Gasteiger partial charge in [0, 0.05) is 12.2 Å². The molecule has 1 aromatic heterocycles. The number of hydrogen-bond donors (Lipinski definition) is 0. The van der Waals surface area contributed by atoms with Gasteiger partial charge in [0.25, 0.3) is 0 Å². The van der Waals surface area contributed by atoms with Crippen molar-refractivity contribution in [1.82, 2.24) is 4.98 Å². The first-order valence-corrected chi connectivity index (χ1v) is 10.4. The summed E-state index contributed by atoms with van der Waals surface area (Å²) < 4.78 is 12.5. The summed E-state index contributed by atoms with van der Waals surface area (Å²) in [6, 6.07) is 15.3. The van der Waals surface area contributed by atoms with Crippen LogP contribution in [0.15, 0.2) is 52.9 Å². The van der Waals surface area contributed by atoms with Crippen LogP contribution in [0.5, 0.6) is 0 Å². The third-order valence-corrected chi connectivity index (χ3v) is 6.45. The first-order valence-electron chi connectivity index (χ1n) is 8.57. The molecule has 27 heavy (non-hydrogen) atoms. The predicted molar refractivity (Wildman–Crippen MR) is 105 cm³/mol. The minimum Gasteiger partial charge on any atom is -0.460 e. The molecule has 0 bridgehead atoms. The number of cyclic esters (lactones) is 1. The molecule has 3 aromatic rings. The molecule has 4 rings (SSSR count). The van der Waals surface area contributed by atoms with Crippen molar-refractivity contribution in [3.8, 4) is 0 Å². The number of esters is 2. The van der Waals surface area contributed by atoms with E-state index < -0.39 is 18.0 Å². The normalized spacial score (nSPS) is 19.2. The van der Waals surface area contributed by atoms with E-state index in [0.717, 1.165) is 21.2 Å². The van der Waals surface area contributed by atoms with Crippen LogP contribution in [0, 0.1) is 0 Å². The summed E-state index contributed by atoms with van der Waals surface area (Å²) >= 11 is 3.35. The summed E-state index contributed by atoms with van der Waals surface area (Å²) in [5.74, 6) is -0.210. The molecular formula is C20H17NO4S2. The van der Waals surface area contributed by atoms with Gasteiger partial charge in [0.15, 0.2) is 4.34 Å². The van der Waals surface area contributed by atoms with Gasteiger partial charge in [0.1, 0.15) is 6.10 Å². The molecule has 0 saturated carbocycles. The second-order valence-electron chi connectivity index (χ2n) is 6.31. The van der Waals surface area contributed by atoms with Gasteiger partial charge in [-0.15, -0.1) is 11.3 Å².